The highest BCUT2D eigenvalue weighted by Gasteiger charge is 2.26. The van der Waals surface area contributed by atoms with Crippen LogP contribution in [-0.2, 0) is 11.2 Å². The lowest BCUT2D eigenvalue weighted by Crippen LogP contribution is -2.34. The van der Waals surface area contributed by atoms with Crippen molar-refractivity contribution in [2.75, 3.05) is 12.4 Å². The average Bonchev–Trinajstić information content (AvgIpc) is 2.57. The van der Waals surface area contributed by atoms with Crippen molar-refractivity contribution in [1.82, 2.24) is 0 Å². The average molecular weight is 295 g/mol. The van der Waals surface area contributed by atoms with Crippen LogP contribution in [0.3, 0.4) is 0 Å². The molecule has 0 radical (unpaired) electrons. The van der Waals surface area contributed by atoms with Gasteiger partial charge in [0, 0.05) is 11.3 Å². The summed E-state index contributed by atoms with van der Waals surface area (Å²) in [4.78, 5) is 23.9. The Morgan fingerprint density at radius 1 is 1.14 bits per heavy atom. The smallest absolute Gasteiger partial charge is 0.337 e. The molecule has 2 aromatic carbocycles. The molecule has 3 rings (SSSR count). The van der Waals surface area contributed by atoms with Gasteiger partial charge in [-0.1, -0.05) is 24.3 Å². The molecular weight excluding hydrogens is 278 g/mol. The van der Waals surface area contributed by atoms with E-state index in [2.05, 4.69) is 10.1 Å². The van der Waals surface area contributed by atoms with Gasteiger partial charge in [-0.15, -0.1) is 0 Å². The molecule has 4 heteroatoms. The lowest BCUT2D eigenvalue weighted by atomic mass is 9.87. The molecule has 0 aliphatic heterocycles. The van der Waals surface area contributed by atoms with E-state index in [1.165, 1.54) is 7.11 Å². The third-order valence-corrected chi connectivity index (χ3v) is 3.95. The molecular formula is C18H17NO3. The highest BCUT2D eigenvalue weighted by molar-refractivity contribution is 6.03. The van der Waals surface area contributed by atoms with Crippen molar-refractivity contribution in [3.63, 3.8) is 0 Å². The van der Waals surface area contributed by atoms with E-state index in [-0.39, 0.29) is 17.8 Å². The lowest BCUT2D eigenvalue weighted by Gasteiger charge is -2.25. The van der Waals surface area contributed by atoms with E-state index in [1.54, 1.807) is 24.3 Å². The Kier molecular flexibility index (Phi) is 3.92. The van der Waals surface area contributed by atoms with Crippen LogP contribution in [0.25, 0.3) is 0 Å². The molecule has 22 heavy (non-hydrogen) atoms. The second-order valence-corrected chi connectivity index (χ2v) is 5.33. The van der Waals surface area contributed by atoms with Gasteiger partial charge in [0.2, 0.25) is 0 Å². The van der Waals surface area contributed by atoms with Gasteiger partial charge in [0.25, 0.3) is 0 Å². The normalized spacial score (nSPS) is 16.8. The monoisotopic (exact) mass is 295 g/mol. The molecule has 0 bridgehead atoms. The minimum Gasteiger partial charge on any atom is -0.465 e. The number of esters is 1. The zero-order valence-corrected chi connectivity index (χ0v) is 12.3. The van der Waals surface area contributed by atoms with Crippen LogP contribution in [0, 0.1) is 0 Å². The van der Waals surface area contributed by atoms with Crippen molar-refractivity contribution in [2.45, 2.75) is 18.9 Å². The predicted octanol–water partition coefficient (Wildman–Crippen LogP) is 3.08. The minimum atomic E-state index is -0.366. The van der Waals surface area contributed by atoms with Crippen LogP contribution in [0.5, 0.6) is 0 Å². The summed E-state index contributed by atoms with van der Waals surface area (Å²) in [5.74, 6) is -0.242. The van der Waals surface area contributed by atoms with Crippen molar-refractivity contribution in [2.24, 2.45) is 0 Å². The van der Waals surface area contributed by atoms with Crippen LogP contribution in [0.4, 0.5) is 5.69 Å². The molecule has 1 aliphatic carbocycles. The van der Waals surface area contributed by atoms with Crippen molar-refractivity contribution < 1.29 is 14.3 Å². The second kappa shape index (κ2) is 6.02. The fraction of sp³-hybridized carbons (Fsp3) is 0.222. The maximum Gasteiger partial charge on any atom is 0.337 e. The molecule has 0 aromatic heterocycles. The first-order valence-electron chi connectivity index (χ1n) is 7.26. The van der Waals surface area contributed by atoms with Crippen molar-refractivity contribution >= 4 is 17.4 Å². The Balaban J connectivity index is 1.74. The number of ether oxygens (including phenoxy) is 1. The Morgan fingerprint density at radius 3 is 2.59 bits per heavy atom. The van der Waals surface area contributed by atoms with Gasteiger partial charge in [0.15, 0.2) is 5.78 Å². The van der Waals surface area contributed by atoms with Crippen molar-refractivity contribution in [3.05, 3.63) is 65.2 Å². The molecule has 112 valence electrons. The third-order valence-electron chi connectivity index (χ3n) is 3.95. The molecule has 1 unspecified atom stereocenters. The first-order chi connectivity index (χ1) is 10.7. The van der Waals surface area contributed by atoms with Crippen LogP contribution in [0.15, 0.2) is 48.5 Å². The summed E-state index contributed by atoms with van der Waals surface area (Å²) in [6, 6.07) is 14.5. The molecule has 4 nitrogen and oxygen atoms in total. The van der Waals surface area contributed by atoms with Gasteiger partial charge in [-0.3, -0.25) is 4.79 Å². The number of aryl methyl sites for hydroxylation is 1. The van der Waals surface area contributed by atoms with Crippen LogP contribution in [-0.4, -0.2) is 24.9 Å². The summed E-state index contributed by atoms with van der Waals surface area (Å²) in [6.45, 7) is 0. The van der Waals surface area contributed by atoms with Crippen LogP contribution in [0.1, 0.15) is 32.7 Å². The van der Waals surface area contributed by atoms with Crippen LogP contribution >= 0.6 is 0 Å². The van der Waals surface area contributed by atoms with E-state index in [0.29, 0.717) is 5.56 Å². The first-order valence-corrected chi connectivity index (χ1v) is 7.26. The van der Waals surface area contributed by atoms with E-state index in [1.807, 2.05) is 24.3 Å². The van der Waals surface area contributed by atoms with Gasteiger partial charge >= 0.3 is 5.97 Å². The van der Waals surface area contributed by atoms with E-state index in [0.717, 1.165) is 29.7 Å². The summed E-state index contributed by atoms with van der Waals surface area (Å²) in [6.07, 6.45) is 1.66. The van der Waals surface area contributed by atoms with Gasteiger partial charge in [0.05, 0.1) is 18.7 Å². The number of carbonyl (C=O) groups is 2. The van der Waals surface area contributed by atoms with Crippen molar-refractivity contribution in [3.8, 4) is 0 Å². The molecule has 1 atom stereocenters. The predicted molar refractivity (Wildman–Crippen MR) is 84.3 cm³/mol. The van der Waals surface area contributed by atoms with E-state index in [4.69, 9.17) is 0 Å². The molecule has 0 saturated carbocycles. The number of rotatable bonds is 3. The molecule has 2 aromatic rings. The standard InChI is InChI=1S/C18H17NO3/c1-22-18(21)13-6-9-14(10-7-13)19-16-11-8-12-4-2-3-5-15(12)17(16)20/h2-7,9-10,16,19H,8,11H2,1H3. The van der Waals surface area contributed by atoms with Gasteiger partial charge in [-0.2, -0.15) is 0 Å². The zero-order valence-electron chi connectivity index (χ0n) is 12.3. The number of anilines is 1. The molecule has 0 amide bonds. The number of hydrogen-bond acceptors (Lipinski definition) is 4. The van der Waals surface area contributed by atoms with E-state index < -0.39 is 0 Å². The van der Waals surface area contributed by atoms with Crippen LogP contribution < -0.4 is 5.32 Å². The summed E-state index contributed by atoms with van der Waals surface area (Å²) in [5, 5.41) is 3.25. The summed E-state index contributed by atoms with van der Waals surface area (Å²) in [7, 11) is 1.35. The molecule has 0 fully saturated rings. The fourth-order valence-corrected chi connectivity index (χ4v) is 2.76. The highest BCUT2D eigenvalue weighted by atomic mass is 16.5. The summed E-state index contributed by atoms with van der Waals surface area (Å²) < 4.78 is 4.67. The van der Waals surface area contributed by atoms with Gasteiger partial charge in [-0.05, 0) is 42.7 Å². The third kappa shape index (κ3) is 2.72. The number of benzene rings is 2. The summed E-state index contributed by atoms with van der Waals surface area (Å²) >= 11 is 0. The van der Waals surface area contributed by atoms with Gasteiger partial charge in [0.1, 0.15) is 0 Å². The highest BCUT2D eigenvalue weighted by Crippen LogP contribution is 2.24. The van der Waals surface area contributed by atoms with Crippen molar-refractivity contribution in [1.29, 1.82) is 0 Å². The maximum absolute atomic E-state index is 12.5. The molecule has 1 N–H and O–H groups in total. The molecule has 1 aliphatic rings. The molecule has 0 spiro atoms. The Labute approximate surface area is 129 Å². The Morgan fingerprint density at radius 2 is 1.86 bits per heavy atom. The molecule has 0 saturated heterocycles. The lowest BCUT2D eigenvalue weighted by molar-refractivity contribution is 0.0600. The number of fused-ring (bicyclic) bond motifs is 1. The first kappa shape index (κ1) is 14.3. The Hall–Kier alpha value is -2.62. The number of Topliss-reactive ketones (excluding diaryl/α,β-unsaturated/α-hetero) is 1. The topological polar surface area (TPSA) is 55.4 Å². The number of nitrogens with one attached hydrogen (secondary N) is 1. The number of ketones is 1. The fourth-order valence-electron chi connectivity index (χ4n) is 2.76. The maximum atomic E-state index is 12.5. The van der Waals surface area contributed by atoms with E-state index >= 15 is 0 Å². The van der Waals surface area contributed by atoms with Gasteiger partial charge in [-0.25, -0.2) is 4.79 Å². The quantitative estimate of drug-likeness (QED) is 0.884. The largest absolute Gasteiger partial charge is 0.465 e. The van der Waals surface area contributed by atoms with Gasteiger partial charge < -0.3 is 10.1 Å². The number of carbonyl (C=O) groups excluding carboxylic acids is 2. The second-order valence-electron chi connectivity index (χ2n) is 5.33. The number of hydrogen-bond donors (Lipinski definition) is 1. The Bertz CT molecular complexity index is 707. The molecule has 0 heterocycles. The SMILES string of the molecule is COC(=O)c1ccc(NC2CCc3ccccc3C2=O)cc1. The van der Waals surface area contributed by atoms with E-state index in [9.17, 15) is 9.59 Å². The zero-order chi connectivity index (χ0) is 15.5. The summed E-state index contributed by atoms with van der Waals surface area (Å²) in [5.41, 5.74) is 3.24. The number of methoxy groups -OCH3 is 1. The minimum absolute atomic E-state index is 0.124. The van der Waals surface area contributed by atoms with Crippen LogP contribution in [0.2, 0.25) is 0 Å².